The average molecular weight is 224 g/mol. The molecule has 92 valence electrons. The third-order valence-corrected chi connectivity index (χ3v) is 4.22. The number of hydrogen-bond acceptors (Lipinski definition) is 2. The van der Waals surface area contributed by atoms with Crippen LogP contribution in [-0.4, -0.2) is 25.5 Å². The van der Waals surface area contributed by atoms with E-state index in [1.807, 2.05) is 0 Å². The molecule has 1 aliphatic carbocycles. The summed E-state index contributed by atoms with van der Waals surface area (Å²) in [5, 5.41) is 6.51. The van der Waals surface area contributed by atoms with Gasteiger partial charge in [0, 0.05) is 12.5 Å². The van der Waals surface area contributed by atoms with Gasteiger partial charge in [-0.25, -0.2) is 0 Å². The molecule has 0 aromatic rings. The molecule has 0 radical (unpaired) electrons. The smallest absolute Gasteiger partial charge is 0.223 e. The standard InChI is InChI=1S/C13H24N2O/c1-10-8-14-9-12(10)6-7-15-13(16)11-4-2-3-5-11/h10-12,14H,2-9H2,1H3,(H,15,16)/t10-,12-/m1/s1. The highest BCUT2D eigenvalue weighted by Crippen LogP contribution is 2.24. The fourth-order valence-corrected chi connectivity index (χ4v) is 2.96. The van der Waals surface area contributed by atoms with Gasteiger partial charge >= 0.3 is 0 Å². The van der Waals surface area contributed by atoms with E-state index in [0.29, 0.717) is 11.8 Å². The molecule has 2 rings (SSSR count). The van der Waals surface area contributed by atoms with Crippen LogP contribution in [0.1, 0.15) is 39.0 Å². The van der Waals surface area contributed by atoms with Gasteiger partial charge in [-0.1, -0.05) is 19.8 Å². The molecule has 16 heavy (non-hydrogen) atoms. The fraction of sp³-hybridized carbons (Fsp3) is 0.923. The van der Waals surface area contributed by atoms with Crippen LogP contribution >= 0.6 is 0 Å². The Kier molecular flexibility index (Phi) is 4.22. The molecule has 3 nitrogen and oxygen atoms in total. The lowest BCUT2D eigenvalue weighted by Crippen LogP contribution is -2.31. The van der Waals surface area contributed by atoms with Crippen molar-refractivity contribution in [1.29, 1.82) is 0 Å². The van der Waals surface area contributed by atoms with E-state index >= 15 is 0 Å². The summed E-state index contributed by atoms with van der Waals surface area (Å²) in [5.74, 6) is 2.14. The maximum Gasteiger partial charge on any atom is 0.223 e. The lowest BCUT2D eigenvalue weighted by atomic mass is 9.95. The molecule has 0 spiro atoms. The lowest BCUT2D eigenvalue weighted by molar-refractivity contribution is -0.124. The van der Waals surface area contributed by atoms with Gasteiger partial charge < -0.3 is 10.6 Å². The van der Waals surface area contributed by atoms with Crippen molar-refractivity contribution >= 4 is 5.91 Å². The zero-order valence-electron chi connectivity index (χ0n) is 10.3. The van der Waals surface area contributed by atoms with Crippen molar-refractivity contribution in [3.05, 3.63) is 0 Å². The van der Waals surface area contributed by atoms with Crippen LogP contribution in [-0.2, 0) is 4.79 Å². The molecule has 0 aromatic carbocycles. The van der Waals surface area contributed by atoms with Crippen LogP contribution in [0.4, 0.5) is 0 Å². The SMILES string of the molecule is C[C@@H]1CNC[C@H]1CCNC(=O)C1CCCC1. The zero-order chi connectivity index (χ0) is 11.4. The van der Waals surface area contributed by atoms with Gasteiger partial charge in [-0.15, -0.1) is 0 Å². The summed E-state index contributed by atoms with van der Waals surface area (Å²) in [6.07, 6.45) is 5.82. The van der Waals surface area contributed by atoms with E-state index < -0.39 is 0 Å². The van der Waals surface area contributed by atoms with Gasteiger partial charge in [0.05, 0.1) is 0 Å². The summed E-state index contributed by atoms with van der Waals surface area (Å²) in [5.41, 5.74) is 0. The molecule has 1 saturated carbocycles. The second-order valence-electron chi connectivity index (χ2n) is 5.46. The summed E-state index contributed by atoms with van der Waals surface area (Å²) in [4.78, 5) is 11.8. The molecule has 2 fully saturated rings. The molecule has 0 unspecified atom stereocenters. The largest absolute Gasteiger partial charge is 0.356 e. The molecular formula is C13H24N2O. The van der Waals surface area contributed by atoms with Gasteiger partial charge in [0.15, 0.2) is 0 Å². The normalized spacial score (nSPS) is 30.8. The number of hydrogen-bond donors (Lipinski definition) is 2. The zero-order valence-corrected chi connectivity index (χ0v) is 10.3. The molecule has 1 saturated heterocycles. The van der Waals surface area contributed by atoms with Crippen molar-refractivity contribution in [2.24, 2.45) is 17.8 Å². The summed E-state index contributed by atoms with van der Waals surface area (Å²) < 4.78 is 0. The second-order valence-corrected chi connectivity index (χ2v) is 5.46. The topological polar surface area (TPSA) is 41.1 Å². The van der Waals surface area contributed by atoms with Crippen molar-refractivity contribution in [3.8, 4) is 0 Å². The van der Waals surface area contributed by atoms with Crippen molar-refractivity contribution in [2.45, 2.75) is 39.0 Å². The minimum Gasteiger partial charge on any atom is -0.356 e. The molecule has 1 aliphatic heterocycles. The molecule has 0 aromatic heterocycles. The quantitative estimate of drug-likeness (QED) is 0.760. The van der Waals surface area contributed by atoms with Crippen LogP contribution in [0.3, 0.4) is 0 Å². The van der Waals surface area contributed by atoms with Crippen molar-refractivity contribution in [2.75, 3.05) is 19.6 Å². The molecular weight excluding hydrogens is 200 g/mol. The first-order valence-corrected chi connectivity index (χ1v) is 6.76. The van der Waals surface area contributed by atoms with E-state index in [4.69, 9.17) is 0 Å². The van der Waals surface area contributed by atoms with E-state index in [2.05, 4.69) is 17.6 Å². The van der Waals surface area contributed by atoms with E-state index in [9.17, 15) is 4.79 Å². The monoisotopic (exact) mass is 224 g/mol. The second kappa shape index (κ2) is 5.67. The Bertz CT molecular complexity index is 236. The van der Waals surface area contributed by atoms with Crippen LogP contribution in [0.25, 0.3) is 0 Å². The Hall–Kier alpha value is -0.570. The molecule has 2 aliphatic rings. The third-order valence-electron chi connectivity index (χ3n) is 4.22. The Balaban J connectivity index is 1.61. The minimum atomic E-state index is 0.302. The first kappa shape index (κ1) is 11.9. The summed E-state index contributed by atoms with van der Waals surface area (Å²) in [6.45, 7) is 5.43. The molecule has 1 heterocycles. The minimum absolute atomic E-state index is 0.302. The highest BCUT2D eigenvalue weighted by Gasteiger charge is 2.24. The Morgan fingerprint density at radius 1 is 1.31 bits per heavy atom. The number of nitrogens with one attached hydrogen (secondary N) is 2. The van der Waals surface area contributed by atoms with Gasteiger partial charge in [-0.2, -0.15) is 0 Å². The lowest BCUT2D eigenvalue weighted by Gasteiger charge is -2.15. The van der Waals surface area contributed by atoms with Crippen LogP contribution in [0.5, 0.6) is 0 Å². The first-order valence-electron chi connectivity index (χ1n) is 6.76. The van der Waals surface area contributed by atoms with E-state index in [1.165, 1.54) is 12.8 Å². The Morgan fingerprint density at radius 2 is 2.06 bits per heavy atom. The third kappa shape index (κ3) is 2.97. The van der Waals surface area contributed by atoms with Gasteiger partial charge in [0.2, 0.25) is 5.91 Å². The van der Waals surface area contributed by atoms with Crippen LogP contribution < -0.4 is 10.6 Å². The number of carbonyl (C=O) groups excluding carboxylic acids is 1. The molecule has 2 atom stereocenters. The Morgan fingerprint density at radius 3 is 2.69 bits per heavy atom. The number of rotatable bonds is 4. The predicted molar refractivity (Wildman–Crippen MR) is 65.1 cm³/mol. The van der Waals surface area contributed by atoms with Gasteiger partial charge in [-0.3, -0.25) is 4.79 Å². The molecule has 0 bridgehead atoms. The van der Waals surface area contributed by atoms with Crippen LogP contribution in [0.2, 0.25) is 0 Å². The average Bonchev–Trinajstić information content (AvgIpc) is 2.90. The number of carbonyl (C=O) groups is 1. The Labute approximate surface area is 98.4 Å². The van der Waals surface area contributed by atoms with Crippen LogP contribution in [0, 0.1) is 17.8 Å². The van der Waals surface area contributed by atoms with Crippen molar-refractivity contribution in [1.82, 2.24) is 10.6 Å². The van der Waals surface area contributed by atoms with Gasteiger partial charge in [-0.05, 0) is 44.2 Å². The van der Waals surface area contributed by atoms with Crippen molar-refractivity contribution < 1.29 is 4.79 Å². The summed E-state index contributed by atoms with van der Waals surface area (Å²) in [6, 6.07) is 0. The van der Waals surface area contributed by atoms with Crippen LogP contribution in [0.15, 0.2) is 0 Å². The van der Waals surface area contributed by atoms with Gasteiger partial charge in [0.1, 0.15) is 0 Å². The maximum atomic E-state index is 11.8. The van der Waals surface area contributed by atoms with E-state index in [-0.39, 0.29) is 0 Å². The first-order chi connectivity index (χ1) is 7.77. The maximum absolute atomic E-state index is 11.8. The predicted octanol–water partition coefficient (Wildman–Crippen LogP) is 1.54. The fourth-order valence-electron chi connectivity index (χ4n) is 2.96. The highest BCUT2D eigenvalue weighted by molar-refractivity contribution is 5.78. The number of amides is 1. The van der Waals surface area contributed by atoms with E-state index in [1.54, 1.807) is 0 Å². The summed E-state index contributed by atoms with van der Waals surface area (Å²) in [7, 11) is 0. The molecule has 1 amide bonds. The van der Waals surface area contributed by atoms with Gasteiger partial charge in [0.25, 0.3) is 0 Å². The van der Waals surface area contributed by atoms with Crippen molar-refractivity contribution in [3.63, 3.8) is 0 Å². The summed E-state index contributed by atoms with van der Waals surface area (Å²) >= 11 is 0. The highest BCUT2D eigenvalue weighted by atomic mass is 16.1. The molecule has 3 heteroatoms. The molecule has 2 N–H and O–H groups in total. The van der Waals surface area contributed by atoms with E-state index in [0.717, 1.165) is 50.7 Å².